The molecule has 0 heterocycles. The normalized spacial score (nSPS) is 10.5. The van der Waals surface area contributed by atoms with Gasteiger partial charge < -0.3 is 19.1 Å². The topological polar surface area (TPSA) is 65.1 Å². The third-order valence-corrected chi connectivity index (χ3v) is 3.93. The highest BCUT2D eigenvalue weighted by atomic mass is 16.5. The van der Waals surface area contributed by atoms with Crippen molar-refractivity contribution in [1.82, 2.24) is 4.90 Å². The highest BCUT2D eigenvalue weighted by Crippen LogP contribution is 2.28. The Bertz CT molecular complexity index is 817. The smallest absolute Gasteiger partial charge is 0.331 e. The molecular formula is C22H25NO5. The van der Waals surface area contributed by atoms with E-state index < -0.39 is 5.97 Å². The fourth-order valence-corrected chi connectivity index (χ4v) is 2.46. The van der Waals surface area contributed by atoms with Gasteiger partial charge in [-0.15, -0.1) is 0 Å². The van der Waals surface area contributed by atoms with Crippen LogP contribution in [0.5, 0.6) is 11.5 Å². The second-order valence-corrected chi connectivity index (χ2v) is 6.02. The molecule has 6 heteroatoms. The van der Waals surface area contributed by atoms with E-state index in [2.05, 4.69) is 0 Å². The Morgan fingerprint density at radius 1 is 1.07 bits per heavy atom. The summed E-state index contributed by atoms with van der Waals surface area (Å²) in [7, 11) is 3.22. The molecule has 0 N–H and O–H groups in total. The van der Waals surface area contributed by atoms with E-state index in [0.717, 1.165) is 11.1 Å². The van der Waals surface area contributed by atoms with Gasteiger partial charge in [-0.1, -0.05) is 36.4 Å². The predicted octanol–water partition coefficient (Wildman–Crippen LogP) is 3.31. The molecule has 148 valence electrons. The van der Waals surface area contributed by atoms with Crippen LogP contribution in [0, 0.1) is 0 Å². The maximum Gasteiger partial charge on any atom is 0.331 e. The van der Waals surface area contributed by atoms with E-state index in [-0.39, 0.29) is 12.5 Å². The zero-order valence-electron chi connectivity index (χ0n) is 16.4. The van der Waals surface area contributed by atoms with Gasteiger partial charge >= 0.3 is 5.97 Å². The Morgan fingerprint density at radius 2 is 1.82 bits per heavy atom. The number of nitrogens with zero attached hydrogens (tertiary/aromatic N) is 1. The monoisotopic (exact) mass is 383 g/mol. The molecule has 0 aliphatic heterocycles. The molecule has 6 nitrogen and oxygen atoms in total. The van der Waals surface area contributed by atoms with Crippen LogP contribution in [-0.4, -0.2) is 44.1 Å². The molecule has 0 aliphatic carbocycles. The van der Waals surface area contributed by atoms with Crippen molar-refractivity contribution in [3.05, 3.63) is 65.7 Å². The molecule has 0 unspecified atom stereocenters. The quantitative estimate of drug-likeness (QED) is 0.491. The number of esters is 1. The zero-order chi connectivity index (χ0) is 20.4. The molecule has 0 aliphatic rings. The van der Waals surface area contributed by atoms with Gasteiger partial charge in [-0.25, -0.2) is 4.79 Å². The van der Waals surface area contributed by atoms with Crippen LogP contribution < -0.4 is 9.47 Å². The second kappa shape index (κ2) is 10.8. The lowest BCUT2D eigenvalue weighted by Crippen LogP contribution is -2.30. The van der Waals surface area contributed by atoms with Gasteiger partial charge in [0.1, 0.15) is 0 Å². The first-order valence-corrected chi connectivity index (χ1v) is 8.97. The minimum Gasteiger partial charge on any atom is -0.493 e. The van der Waals surface area contributed by atoms with Crippen LogP contribution in [0.15, 0.2) is 54.6 Å². The summed E-state index contributed by atoms with van der Waals surface area (Å²) >= 11 is 0. The molecular weight excluding hydrogens is 358 g/mol. The number of carbonyl (C=O) groups is 2. The van der Waals surface area contributed by atoms with Gasteiger partial charge in [0.05, 0.1) is 13.7 Å². The lowest BCUT2D eigenvalue weighted by molar-refractivity contribution is -0.147. The molecule has 0 bridgehead atoms. The lowest BCUT2D eigenvalue weighted by atomic mass is 10.2. The number of hydrogen-bond acceptors (Lipinski definition) is 5. The maximum absolute atomic E-state index is 12.1. The summed E-state index contributed by atoms with van der Waals surface area (Å²) < 4.78 is 15.8. The minimum atomic E-state index is -0.589. The Kier molecular flexibility index (Phi) is 8.09. The number of ether oxygens (including phenoxy) is 3. The average Bonchev–Trinajstić information content (AvgIpc) is 2.72. The van der Waals surface area contributed by atoms with Gasteiger partial charge in [-0.2, -0.15) is 0 Å². The van der Waals surface area contributed by atoms with Gasteiger partial charge in [0, 0.05) is 19.7 Å². The van der Waals surface area contributed by atoms with Crippen LogP contribution in [-0.2, 0) is 20.9 Å². The largest absolute Gasteiger partial charge is 0.493 e. The van der Waals surface area contributed by atoms with Gasteiger partial charge in [-0.05, 0) is 36.3 Å². The Balaban J connectivity index is 1.85. The molecule has 0 radical (unpaired) electrons. The van der Waals surface area contributed by atoms with Crippen LogP contribution in [0.25, 0.3) is 6.08 Å². The Labute approximate surface area is 165 Å². The highest BCUT2D eigenvalue weighted by molar-refractivity contribution is 5.89. The Morgan fingerprint density at radius 3 is 2.50 bits per heavy atom. The van der Waals surface area contributed by atoms with E-state index in [0.29, 0.717) is 24.7 Å². The predicted molar refractivity (Wildman–Crippen MR) is 107 cm³/mol. The molecule has 0 aromatic heterocycles. The van der Waals surface area contributed by atoms with Crippen molar-refractivity contribution in [2.75, 3.05) is 27.4 Å². The molecule has 0 spiro atoms. The van der Waals surface area contributed by atoms with Crippen LogP contribution in [0.2, 0.25) is 0 Å². The first-order chi connectivity index (χ1) is 13.5. The highest BCUT2D eigenvalue weighted by Gasteiger charge is 2.11. The van der Waals surface area contributed by atoms with Crippen molar-refractivity contribution >= 4 is 18.0 Å². The maximum atomic E-state index is 12.1. The number of amides is 1. The van der Waals surface area contributed by atoms with Crippen molar-refractivity contribution in [1.29, 1.82) is 0 Å². The van der Waals surface area contributed by atoms with E-state index >= 15 is 0 Å². The summed E-state index contributed by atoms with van der Waals surface area (Å²) in [5.41, 5.74) is 1.76. The van der Waals surface area contributed by atoms with Crippen molar-refractivity contribution in [2.45, 2.75) is 13.5 Å². The van der Waals surface area contributed by atoms with E-state index in [1.54, 1.807) is 38.4 Å². The summed E-state index contributed by atoms with van der Waals surface area (Å²) in [6.07, 6.45) is 2.87. The fourth-order valence-electron chi connectivity index (χ4n) is 2.46. The SMILES string of the molecule is CCOc1ccc(/C=C/C(=O)OCC(=O)N(C)Cc2ccccc2)cc1OC. The molecule has 1 amide bonds. The number of hydrogen-bond donors (Lipinski definition) is 0. The molecule has 0 atom stereocenters. The number of rotatable bonds is 9. The molecule has 28 heavy (non-hydrogen) atoms. The van der Waals surface area contributed by atoms with Gasteiger partial charge in [-0.3, -0.25) is 4.79 Å². The molecule has 0 saturated carbocycles. The summed E-state index contributed by atoms with van der Waals surface area (Å²) in [4.78, 5) is 25.5. The first-order valence-electron chi connectivity index (χ1n) is 8.97. The van der Waals surface area contributed by atoms with Crippen molar-refractivity contribution in [3.63, 3.8) is 0 Å². The first kappa shape index (κ1) is 21.0. The number of likely N-dealkylation sites (N-methyl/N-ethyl adjacent to an activating group) is 1. The minimum absolute atomic E-state index is 0.270. The van der Waals surface area contributed by atoms with Crippen LogP contribution >= 0.6 is 0 Å². The van der Waals surface area contributed by atoms with E-state index in [1.165, 1.54) is 11.0 Å². The van der Waals surface area contributed by atoms with E-state index in [1.807, 2.05) is 37.3 Å². The standard InChI is InChI=1S/C22H25NO5/c1-4-27-19-12-10-17(14-20(19)26-3)11-13-22(25)28-16-21(24)23(2)15-18-8-6-5-7-9-18/h5-14H,4,15-16H2,1-3H3/b13-11+. The van der Waals surface area contributed by atoms with Crippen LogP contribution in [0.1, 0.15) is 18.1 Å². The zero-order valence-corrected chi connectivity index (χ0v) is 16.4. The average molecular weight is 383 g/mol. The third-order valence-electron chi connectivity index (χ3n) is 3.93. The fraction of sp³-hybridized carbons (Fsp3) is 0.273. The molecule has 0 fully saturated rings. The number of methoxy groups -OCH3 is 1. The van der Waals surface area contributed by atoms with Gasteiger partial charge in [0.25, 0.3) is 5.91 Å². The van der Waals surface area contributed by atoms with Crippen molar-refractivity contribution in [2.24, 2.45) is 0 Å². The summed E-state index contributed by atoms with van der Waals surface area (Å²) in [6, 6.07) is 14.9. The lowest BCUT2D eigenvalue weighted by Gasteiger charge is -2.16. The second-order valence-electron chi connectivity index (χ2n) is 6.02. The van der Waals surface area contributed by atoms with E-state index in [9.17, 15) is 9.59 Å². The molecule has 0 saturated heterocycles. The summed E-state index contributed by atoms with van der Waals surface area (Å²) in [5, 5.41) is 0. The van der Waals surface area contributed by atoms with Gasteiger partial charge in [0.15, 0.2) is 18.1 Å². The third kappa shape index (κ3) is 6.46. The molecule has 2 rings (SSSR count). The summed E-state index contributed by atoms with van der Waals surface area (Å²) in [6.45, 7) is 2.57. The van der Waals surface area contributed by atoms with Gasteiger partial charge in [0.2, 0.25) is 0 Å². The number of benzene rings is 2. The molecule has 2 aromatic carbocycles. The van der Waals surface area contributed by atoms with Crippen molar-refractivity contribution in [3.8, 4) is 11.5 Å². The number of carbonyl (C=O) groups excluding carboxylic acids is 2. The van der Waals surface area contributed by atoms with Crippen molar-refractivity contribution < 1.29 is 23.8 Å². The van der Waals surface area contributed by atoms with Crippen LogP contribution in [0.4, 0.5) is 0 Å². The van der Waals surface area contributed by atoms with E-state index in [4.69, 9.17) is 14.2 Å². The van der Waals surface area contributed by atoms with Crippen LogP contribution in [0.3, 0.4) is 0 Å². The molecule has 2 aromatic rings. The Hall–Kier alpha value is -3.28. The summed E-state index contributed by atoms with van der Waals surface area (Å²) in [5.74, 6) is 0.356.